The zero-order valence-corrected chi connectivity index (χ0v) is 10.8. The maximum atomic E-state index is 7.49. The summed E-state index contributed by atoms with van der Waals surface area (Å²) in [6.45, 7) is 5.93. The zero-order chi connectivity index (χ0) is 13.3. The van der Waals surface area contributed by atoms with Gasteiger partial charge in [0.1, 0.15) is 22.8 Å². The van der Waals surface area contributed by atoms with E-state index in [-0.39, 0.29) is 11.9 Å². The first kappa shape index (κ1) is 12.4. The van der Waals surface area contributed by atoms with Crippen LogP contribution in [0.2, 0.25) is 0 Å². The number of para-hydroxylation sites is 1. The van der Waals surface area contributed by atoms with Crippen LogP contribution < -0.4 is 10.5 Å². The van der Waals surface area contributed by atoms with Gasteiger partial charge >= 0.3 is 0 Å². The van der Waals surface area contributed by atoms with Crippen molar-refractivity contribution in [2.75, 3.05) is 0 Å². The van der Waals surface area contributed by atoms with Crippen LogP contribution in [0, 0.1) is 12.3 Å². The Hall–Kier alpha value is -2.10. The van der Waals surface area contributed by atoms with Crippen molar-refractivity contribution in [1.29, 1.82) is 5.41 Å². The van der Waals surface area contributed by atoms with Crippen molar-refractivity contribution >= 4 is 16.7 Å². The van der Waals surface area contributed by atoms with Gasteiger partial charge in [0, 0.05) is 5.39 Å². The Labute approximate surface area is 106 Å². The summed E-state index contributed by atoms with van der Waals surface area (Å²) in [7, 11) is 0. The van der Waals surface area contributed by atoms with E-state index >= 15 is 0 Å². The Morgan fingerprint density at radius 3 is 2.72 bits per heavy atom. The number of amidine groups is 1. The van der Waals surface area contributed by atoms with E-state index in [1.54, 1.807) is 0 Å². The van der Waals surface area contributed by atoms with Crippen LogP contribution in [0.1, 0.15) is 25.1 Å². The maximum Gasteiger partial charge on any atom is 0.145 e. The second-order valence-corrected chi connectivity index (χ2v) is 4.56. The molecule has 2 rings (SSSR count). The lowest BCUT2D eigenvalue weighted by Gasteiger charge is -2.13. The lowest BCUT2D eigenvalue weighted by Crippen LogP contribution is -2.14. The van der Waals surface area contributed by atoms with E-state index in [0.29, 0.717) is 5.69 Å². The SMILES string of the molecule is Cc1cc(C(=N)N)nc2c(OC(C)C)cccc12. The highest BCUT2D eigenvalue weighted by Crippen LogP contribution is 2.27. The molecular weight excluding hydrogens is 226 g/mol. The fourth-order valence-electron chi connectivity index (χ4n) is 1.88. The fourth-order valence-corrected chi connectivity index (χ4v) is 1.88. The molecule has 0 aliphatic heterocycles. The van der Waals surface area contributed by atoms with E-state index in [0.717, 1.165) is 22.2 Å². The first-order valence-corrected chi connectivity index (χ1v) is 5.90. The molecule has 0 atom stereocenters. The van der Waals surface area contributed by atoms with Crippen LogP contribution in [-0.2, 0) is 0 Å². The molecule has 0 bridgehead atoms. The molecule has 0 radical (unpaired) electrons. The minimum atomic E-state index is -0.0284. The minimum absolute atomic E-state index is 0.0284. The van der Waals surface area contributed by atoms with Crippen molar-refractivity contribution in [3.8, 4) is 5.75 Å². The second-order valence-electron chi connectivity index (χ2n) is 4.56. The molecule has 0 saturated heterocycles. The summed E-state index contributed by atoms with van der Waals surface area (Å²) >= 11 is 0. The van der Waals surface area contributed by atoms with Gasteiger partial charge < -0.3 is 10.5 Å². The summed E-state index contributed by atoms with van der Waals surface area (Å²) in [5, 5.41) is 8.52. The van der Waals surface area contributed by atoms with Gasteiger partial charge in [-0.2, -0.15) is 0 Å². The summed E-state index contributed by atoms with van der Waals surface area (Å²) < 4.78 is 5.74. The highest BCUT2D eigenvalue weighted by Gasteiger charge is 2.10. The topological polar surface area (TPSA) is 72.0 Å². The smallest absolute Gasteiger partial charge is 0.145 e. The molecule has 0 amide bonds. The van der Waals surface area contributed by atoms with Crippen molar-refractivity contribution in [2.24, 2.45) is 5.73 Å². The molecule has 0 aliphatic carbocycles. The predicted octanol–water partition coefficient (Wildman–Crippen LogP) is 2.61. The van der Waals surface area contributed by atoms with Gasteiger partial charge in [-0.25, -0.2) is 4.98 Å². The normalized spacial score (nSPS) is 10.9. The summed E-state index contributed by atoms with van der Waals surface area (Å²) in [6, 6.07) is 7.65. The number of aromatic nitrogens is 1. The standard InChI is InChI=1S/C14H17N3O/c1-8(2)18-12-6-4-5-10-9(3)7-11(14(15)16)17-13(10)12/h4-8H,1-3H3,(H3,15,16). The highest BCUT2D eigenvalue weighted by molar-refractivity contribution is 5.97. The quantitative estimate of drug-likeness (QED) is 0.643. The van der Waals surface area contributed by atoms with Gasteiger partial charge in [0.25, 0.3) is 0 Å². The molecule has 0 aliphatic rings. The van der Waals surface area contributed by atoms with Crippen LogP contribution in [0.5, 0.6) is 5.75 Å². The summed E-state index contributed by atoms with van der Waals surface area (Å²) in [4.78, 5) is 4.41. The lowest BCUT2D eigenvalue weighted by atomic mass is 10.1. The largest absolute Gasteiger partial charge is 0.489 e. The van der Waals surface area contributed by atoms with Crippen LogP contribution in [0.15, 0.2) is 24.3 Å². The van der Waals surface area contributed by atoms with Gasteiger partial charge in [-0.15, -0.1) is 0 Å². The number of benzene rings is 1. The van der Waals surface area contributed by atoms with Gasteiger partial charge in [-0.3, -0.25) is 5.41 Å². The minimum Gasteiger partial charge on any atom is -0.489 e. The Bertz CT molecular complexity index is 605. The van der Waals surface area contributed by atoms with Crippen LogP contribution >= 0.6 is 0 Å². The maximum absolute atomic E-state index is 7.49. The Kier molecular flexibility index (Phi) is 3.19. The second kappa shape index (κ2) is 4.64. The number of hydrogen-bond acceptors (Lipinski definition) is 3. The number of nitrogens with zero attached hydrogens (tertiary/aromatic N) is 1. The van der Waals surface area contributed by atoms with Gasteiger partial charge in [-0.1, -0.05) is 12.1 Å². The number of ether oxygens (including phenoxy) is 1. The predicted molar refractivity (Wildman–Crippen MR) is 73.3 cm³/mol. The van der Waals surface area contributed by atoms with Gasteiger partial charge in [-0.05, 0) is 38.5 Å². The van der Waals surface area contributed by atoms with Crippen molar-refractivity contribution in [2.45, 2.75) is 26.9 Å². The van der Waals surface area contributed by atoms with E-state index in [9.17, 15) is 0 Å². The number of nitrogen functional groups attached to an aromatic ring is 1. The average molecular weight is 243 g/mol. The first-order chi connectivity index (χ1) is 8.49. The van der Waals surface area contributed by atoms with Crippen molar-refractivity contribution in [3.05, 3.63) is 35.5 Å². The molecule has 1 aromatic heterocycles. The van der Waals surface area contributed by atoms with Crippen LogP contribution in [0.3, 0.4) is 0 Å². The molecule has 94 valence electrons. The van der Waals surface area contributed by atoms with E-state index in [1.165, 1.54) is 0 Å². The monoisotopic (exact) mass is 243 g/mol. The van der Waals surface area contributed by atoms with Crippen molar-refractivity contribution < 1.29 is 4.74 Å². The molecule has 4 heteroatoms. The fraction of sp³-hybridized carbons (Fsp3) is 0.286. The Morgan fingerprint density at radius 1 is 1.39 bits per heavy atom. The summed E-state index contributed by atoms with van der Waals surface area (Å²) in [5.74, 6) is 0.702. The molecule has 4 nitrogen and oxygen atoms in total. The number of rotatable bonds is 3. The van der Waals surface area contributed by atoms with Crippen LogP contribution in [-0.4, -0.2) is 16.9 Å². The van der Waals surface area contributed by atoms with Gasteiger partial charge in [0.2, 0.25) is 0 Å². The molecule has 0 fully saturated rings. The molecular formula is C14H17N3O. The third-order valence-corrected chi connectivity index (χ3v) is 2.65. The number of aryl methyl sites for hydroxylation is 1. The first-order valence-electron chi connectivity index (χ1n) is 5.90. The van der Waals surface area contributed by atoms with Crippen LogP contribution in [0.4, 0.5) is 0 Å². The molecule has 0 spiro atoms. The zero-order valence-electron chi connectivity index (χ0n) is 10.8. The van der Waals surface area contributed by atoms with Crippen molar-refractivity contribution in [3.63, 3.8) is 0 Å². The third-order valence-electron chi connectivity index (χ3n) is 2.65. The van der Waals surface area contributed by atoms with E-state index < -0.39 is 0 Å². The molecule has 2 aromatic rings. The molecule has 0 saturated carbocycles. The molecule has 0 unspecified atom stereocenters. The Morgan fingerprint density at radius 2 is 2.11 bits per heavy atom. The lowest BCUT2D eigenvalue weighted by molar-refractivity contribution is 0.245. The highest BCUT2D eigenvalue weighted by atomic mass is 16.5. The average Bonchev–Trinajstić information content (AvgIpc) is 2.29. The van der Waals surface area contributed by atoms with Gasteiger partial charge in [0.05, 0.1) is 6.10 Å². The molecule has 3 N–H and O–H groups in total. The van der Waals surface area contributed by atoms with Gasteiger partial charge in [0.15, 0.2) is 0 Å². The van der Waals surface area contributed by atoms with Crippen LogP contribution in [0.25, 0.3) is 10.9 Å². The Balaban J connectivity index is 2.69. The van der Waals surface area contributed by atoms with Crippen molar-refractivity contribution in [1.82, 2.24) is 4.98 Å². The number of nitrogens with two attached hydrogens (primary N) is 1. The molecule has 1 heterocycles. The third kappa shape index (κ3) is 2.27. The van der Waals surface area contributed by atoms with E-state index in [1.807, 2.05) is 45.0 Å². The summed E-state index contributed by atoms with van der Waals surface area (Å²) in [6.07, 6.45) is 0.0821. The molecule has 18 heavy (non-hydrogen) atoms. The summed E-state index contributed by atoms with van der Waals surface area (Å²) in [5.41, 5.74) is 7.79. The molecule has 1 aromatic carbocycles. The number of nitrogens with one attached hydrogen (secondary N) is 1. The number of fused-ring (bicyclic) bond motifs is 1. The van der Waals surface area contributed by atoms with E-state index in [4.69, 9.17) is 15.9 Å². The number of pyridine rings is 1. The number of hydrogen-bond donors (Lipinski definition) is 2. The van der Waals surface area contributed by atoms with E-state index in [2.05, 4.69) is 4.98 Å².